The highest BCUT2D eigenvalue weighted by Gasteiger charge is 2.21. The van der Waals surface area contributed by atoms with Crippen LogP contribution < -0.4 is 0 Å². The molecule has 0 aromatic heterocycles. The van der Waals surface area contributed by atoms with Crippen molar-refractivity contribution < 1.29 is 5.11 Å². The summed E-state index contributed by atoms with van der Waals surface area (Å²) in [5.74, 6) is 1.51. The standard InChI is InChI=1S/C11H24O/c1-9(2)10(3)8-11(4,5)6-7-12/h9-10,12H,6-8H2,1-5H3. The Morgan fingerprint density at radius 2 is 1.67 bits per heavy atom. The summed E-state index contributed by atoms with van der Waals surface area (Å²) in [5, 5.41) is 8.85. The number of aliphatic hydroxyl groups is 1. The van der Waals surface area contributed by atoms with Gasteiger partial charge < -0.3 is 5.11 Å². The van der Waals surface area contributed by atoms with Crippen molar-refractivity contribution in [3.8, 4) is 0 Å². The lowest BCUT2D eigenvalue weighted by Crippen LogP contribution is -2.19. The predicted octanol–water partition coefficient (Wildman–Crippen LogP) is 3.08. The molecule has 0 fully saturated rings. The lowest BCUT2D eigenvalue weighted by Gasteiger charge is -2.29. The van der Waals surface area contributed by atoms with Gasteiger partial charge in [-0.2, -0.15) is 0 Å². The van der Waals surface area contributed by atoms with Crippen LogP contribution in [0.15, 0.2) is 0 Å². The van der Waals surface area contributed by atoms with E-state index in [1.807, 2.05) is 0 Å². The van der Waals surface area contributed by atoms with Crippen molar-refractivity contribution in [2.75, 3.05) is 6.61 Å². The van der Waals surface area contributed by atoms with Crippen LogP contribution in [0.2, 0.25) is 0 Å². The number of aliphatic hydroxyl groups excluding tert-OH is 1. The second-order valence-electron chi connectivity index (χ2n) is 5.06. The van der Waals surface area contributed by atoms with Gasteiger partial charge in [-0.1, -0.05) is 34.6 Å². The molecule has 1 atom stereocenters. The van der Waals surface area contributed by atoms with E-state index < -0.39 is 0 Å². The minimum atomic E-state index is 0.304. The second kappa shape index (κ2) is 4.86. The second-order valence-corrected chi connectivity index (χ2v) is 5.06. The Bertz CT molecular complexity index is 116. The molecule has 0 aliphatic carbocycles. The zero-order valence-electron chi connectivity index (χ0n) is 9.22. The third-order valence-corrected chi connectivity index (χ3v) is 2.80. The largest absolute Gasteiger partial charge is 0.396 e. The van der Waals surface area contributed by atoms with Crippen molar-refractivity contribution in [2.45, 2.75) is 47.5 Å². The quantitative estimate of drug-likeness (QED) is 0.675. The minimum Gasteiger partial charge on any atom is -0.396 e. The average molecular weight is 172 g/mol. The highest BCUT2D eigenvalue weighted by molar-refractivity contribution is 4.72. The molecule has 12 heavy (non-hydrogen) atoms. The van der Waals surface area contributed by atoms with Crippen LogP contribution in [0.25, 0.3) is 0 Å². The summed E-state index contributed by atoms with van der Waals surface area (Å²) in [7, 11) is 0. The number of hydrogen-bond acceptors (Lipinski definition) is 1. The Labute approximate surface area is 77.2 Å². The molecule has 1 heteroatoms. The molecule has 0 saturated heterocycles. The molecule has 0 bridgehead atoms. The molecule has 1 unspecified atom stereocenters. The average Bonchev–Trinajstić information content (AvgIpc) is 1.85. The molecule has 0 aromatic carbocycles. The molecule has 1 N–H and O–H groups in total. The summed E-state index contributed by atoms with van der Waals surface area (Å²) >= 11 is 0. The van der Waals surface area contributed by atoms with Crippen molar-refractivity contribution in [3.63, 3.8) is 0 Å². The molecule has 0 aliphatic heterocycles. The van der Waals surface area contributed by atoms with Crippen LogP contribution in [0.1, 0.15) is 47.5 Å². The SMILES string of the molecule is CC(C)C(C)CC(C)(C)CCO. The first-order valence-corrected chi connectivity index (χ1v) is 5.00. The summed E-state index contributed by atoms with van der Waals surface area (Å²) in [5.41, 5.74) is 0.304. The van der Waals surface area contributed by atoms with Crippen LogP contribution in [-0.2, 0) is 0 Å². The molecule has 0 amide bonds. The summed E-state index contributed by atoms with van der Waals surface area (Å²) in [6.07, 6.45) is 2.13. The highest BCUT2D eigenvalue weighted by Crippen LogP contribution is 2.31. The molecular weight excluding hydrogens is 148 g/mol. The predicted molar refractivity (Wildman–Crippen MR) is 54.1 cm³/mol. The molecule has 0 aromatic rings. The fraction of sp³-hybridized carbons (Fsp3) is 1.00. The van der Waals surface area contributed by atoms with Crippen LogP contribution >= 0.6 is 0 Å². The van der Waals surface area contributed by atoms with Crippen molar-refractivity contribution in [3.05, 3.63) is 0 Å². The normalized spacial score (nSPS) is 15.2. The number of rotatable bonds is 5. The summed E-state index contributed by atoms with van der Waals surface area (Å²) in [4.78, 5) is 0. The van der Waals surface area contributed by atoms with E-state index in [2.05, 4.69) is 34.6 Å². The van der Waals surface area contributed by atoms with Crippen LogP contribution in [0.4, 0.5) is 0 Å². The van der Waals surface area contributed by atoms with Gasteiger partial charge in [-0.15, -0.1) is 0 Å². The summed E-state index contributed by atoms with van der Waals surface area (Å²) < 4.78 is 0. The maximum Gasteiger partial charge on any atom is 0.0436 e. The fourth-order valence-corrected chi connectivity index (χ4v) is 1.51. The molecule has 74 valence electrons. The summed E-state index contributed by atoms with van der Waals surface area (Å²) in [6, 6.07) is 0. The van der Waals surface area contributed by atoms with Crippen molar-refractivity contribution in [2.24, 2.45) is 17.3 Å². The van der Waals surface area contributed by atoms with E-state index in [4.69, 9.17) is 5.11 Å². The molecule has 1 nitrogen and oxygen atoms in total. The lowest BCUT2D eigenvalue weighted by molar-refractivity contribution is 0.169. The summed E-state index contributed by atoms with van der Waals surface area (Å²) in [6.45, 7) is 11.6. The van der Waals surface area contributed by atoms with Gasteiger partial charge in [0, 0.05) is 6.61 Å². The van der Waals surface area contributed by atoms with Crippen LogP contribution in [0.3, 0.4) is 0 Å². The maximum absolute atomic E-state index is 8.85. The van der Waals surface area contributed by atoms with Gasteiger partial charge in [-0.05, 0) is 30.1 Å². The molecule has 0 saturated carbocycles. The zero-order valence-corrected chi connectivity index (χ0v) is 9.22. The molecule has 0 aliphatic rings. The van der Waals surface area contributed by atoms with E-state index in [1.165, 1.54) is 6.42 Å². The third kappa shape index (κ3) is 4.76. The van der Waals surface area contributed by atoms with Crippen molar-refractivity contribution in [1.82, 2.24) is 0 Å². The van der Waals surface area contributed by atoms with Gasteiger partial charge in [0.05, 0.1) is 0 Å². The van der Waals surface area contributed by atoms with E-state index in [0.717, 1.165) is 18.3 Å². The minimum absolute atomic E-state index is 0.304. The van der Waals surface area contributed by atoms with E-state index in [0.29, 0.717) is 12.0 Å². The third-order valence-electron chi connectivity index (χ3n) is 2.80. The van der Waals surface area contributed by atoms with Gasteiger partial charge in [-0.3, -0.25) is 0 Å². The molecule has 0 radical (unpaired) electrons. The fourth-order valence-electron chi connectivity index (χ4n) is 1.51. The first kappa shape index (κ1) is 12.0. The van der Waals surface area contributed by atoms with Gasteiger partial charge in [-0.25, -0.2) is 0 Å². The monoisotopic (exact) mass is 172 g/mol. The number of hydrogen-bond donors (Lipinski definition) is 1. The van der Waals surface area contributed by atoms with Gasteiger partial charge in [0.25, 0.3) is 0 Å². The highest BCUT2D eigenvalue weighted by atomic mass is 16.3. The Balaban J connectivity index is 3.87. The Morgan fingerprint density at radius 1 is 1.17 bits per heavy atom. The van der Waals surface area contributed by atoms with Crippen molar-refractivity contribution in [1.29, 1.82) is 0 Å². The van der Waals surface area contributed by atoms with Crippen LogP contribution in [0.5, 0.6) is 0 Å². The van der Waals surface area contributed by atoms with Gasteiger partial charge in [0.2, 0.25) is 0 Å². The smallest absolute Gasteiger partial charge is 0.0436 e. The van der Waals surface area contributed by atoms with Gasteiger partial charge in [0.1, 0.15) is 0 Å². The Kier molecular flexibility index (Phi) is 4.84. The molecule has 0 rings (SSSR count). The molecule has 0 heterocycles. The zero-order chi connectivity index (χ0) is 9.78. The topological polar surface area (TPSA) is 20.2 Å². The van der Waals surface area contributed by atoms with E-state index in [-0.39, 0.29) is 0 Å². The Morgan fingerprint density at radius 3 is 2.00 bits per heavy atom. The van der Waals surface area contributed by atoms with E-state index in [1.54, 1.807) is 0 Å². The molecule has 0 spiro atoms. The lowest BCUT2D eigenvalue weighted by atomic mass is 9.77. The molecular formula is C11H24O. The van der Waals surface area contributed by atoms with Crippen LogP contribution in [-0.4, -0.2) is 11.7 Å². The first-order valence-electron chi connectivity index (χ1n) is 5.00. The van der Waals surface area contributed by atoms with Gasteiger partial charge in [0.15, 0.2) is 0 Å². The van der Waals surface area contributed by atoms with Crippen molar-refractivity contribution >= 4 is 0 Å². The van der Waals surface area contributed by atoms with Crippen LogP contribution in [0, 0.1) is 17.3 Å². The van der Waals surface area contributed by atoms with Gasteiger partial charge >= 0.3 is 0 Å². The van der Waals surface area contributed by atoms with E-state index in [9.17, 15) is 0 Å². The Hall–Kier alpha value is -0.0400. The first-order chi connectivity index (χ1) is 5.39. The van der Waals surface area contributed by atoms with E-state index >= 15 is 0 Å². The maximum atomic E-state index is 8.85.